The minimum Gasteiger partial charge on any atom is -0.373 e. The zero-order valence-electron chi connectivity index (χ0n) is 12.6. The van der Waals surface area contributed by atoms with Gasteiger partial charge in [-0.1, -0.05) is 0 Å². The number of nitrogens with one attached hydrogen (secondary N) is 2. The van der Waals surface area contributed by atoms with Gasteiger partial charge in [-0.15, -0.1) is 0 Å². The van der Waals surface area contributed by atoms with E-state index < -0.39 is 11.9 Å². The molecule has 6 nitrogen and oxygen atoms in total. The third-order valence-corrected chi connectivity index (χ3v) is 3.67. The van der Waals surface area contributed by atoms with Crippen LogP contribution in [0.25, 0.3) is 5.52 Å². The van der Waals surface area contributed by atoms with Crippen molar-refractivity contribution in [3.05, 3.63) is 24.2 Å². The van der Waals surface area contributed by atoms with Gasteiger partial charge in [0.2, 0.25) is 0 Å². The van der Waals surface area contributed by atoms with Crippen molar-refractivity contribution in [2.24, 2.45) is 0 Å². The Kier molecular flexibility index (Phi) is 4.40. The fourth-order valence-electron chi connectivity index (χ4n) is 2.59. The Labute approximate surface area is 131 Å². The molecule has 0 aliphatic carbocycles. The molecule has 23 heavy (non-hydrogen) atoms. The summed E-state index contributed by atoms with van der Waals surface area (Å²) in [7, 11) is 0. The number of halogens is 3. The summed E-state index contributed by atoms with van der Waals surface area (Å²) in [6.07, 6.45) is -0.669. The van der Waals surface area contributed by atoms with Gasteiger partial charge in [0.15, 0.2) is 11.5 Å². The van der Waals surface area contributed by atoms with Crippen molar-refractivity contribution < 1.29 is 17.9 Å². The number of hydrogen-bond donors (Lipinski definition) is 2. The van der Waals surface area contributed by atoms with Crippen LogP contribution in [0.2, 0.25) is 0 Å². The molecule has 2 unspecified atom stereocenters. The predicted molar refractivity (Wildman–Crippen MR) is 78.3 cm³/mol. The Bertz CT molecular complexity index is 672. The Balaban J connectivity index is 1.67. The summed E-state index contributed by atoms with van der Waals surface area (Å²) in [5.41, 5.74) is -0.627. The molecule has 3 heterocycles. The van der Waals surface area contributed by atoms with E-state index in [1.165, 1.54) is 16.9 Å². The van der Waals surface area contributed by atoms with E-state index in [9.17, 15) is 13.2 Å². The normalized spacial score (nSPS) is 22.4. The van der Waals surface area contributed by atoms with Crippen LogP contribution in [0, 0.1) is 0 Å². The van der Waals surface area contributed by atoms with Crippen LogP contribution in [0.3, 0.4) is 0 Å². The van der Waals surface area contributed by atoms with Crippen molar-refractivity contribution in [3.63, 3.8) is 0 Å². The number of nitrogens with zero attached hydrogens (tertiary/aromatic N) is 3. The van der Waals surface area contributed by atoms with Gasteiger partial charge < -0.3 is 15.4 Å². The molecule has 2 aromatic rings. The molecule has 2 aromatic heterocycles. The number of anilines is 1. The van der Waals surface area contributed by atoms with Gasteiger partial charge in [0.1, 0.15) is 5.52 Å². The second kappa shape index (κ2) is 6.32. The molecule has 2 atom stereocenters. The quantitative estimate of drug-likeness (QED) is 0.897. The lowest BCUT2D eigenvalue weighted by Crippen LogP contribution is -2.43. The van der Waals surface area contributed by atoms with Crippen LogP contribution in [-0.2, 0) is 10.9 Å². The fraction of sp³-hybridized carbons (Fsp3) is 0.571. The summed E-state index contributed by atoms with van der Waals surface area (Å²) in [4.78, 5) is 4.10. The van der Waals surface area contributed by atoms with E-state index >= 15 is 0 Å². The Morgan fingerprint density at radius 2 is 2.26 bits per heavy atom. The highest BCUT2D eigenvalue weighted by molar-refractivity contribution is 5.67. The zero-order chi connectivity index (χ0) is 16.4. The number of aromatic nitrogens is 3. The molecule has 0 radical (unpaired) electrons. The smallest absolute Gasteiger partial charge is 0.373 e. The summed E-state index contributed by atoms with van der Waals surface area (Å²) >= 11 is 0. The first-order chi connectivity index (χ1) is 10.9. The van der Waals surface area contributed by atoms with Gasteiger partial charge in [0.05, 0.1) is 12.2 Å². The van der Waals surface area contributed by atoms with Gasteiger partial charge in [-0.25, -0.2) is 9.50 Å². The maximum atomic E-state index is 12.7. The number of ether oxygens (including phenoxy) is 1. The molecular weight excluding hydrogens is 311 g/mol. The number of rotatable bonds is 4. The summed E-state index contributed by atoms with van der Waals surface area (Å²) in [6, 6.07) is 0.996. The highest BCUT2D eigenvalue weighted by Crippen LogP contribution is 2.30. The van der Waals surface area contributed by atoms with Crippen LogP contribution in [0.5, 0.6) is 0 Å². The van der Waals surface area contributed by atoms with Crippen LogP contribution in [0.1, 0.15) is 19.0 Å². The molecule has 0 aromatic carbocycles. The van der Waals surface area contributed by atoms with Gasteiger partial charge in [-0.3, -0.25) is 0 Å². The Morgan fingerprint density at radius 3 is 3.00 bits per heavy atom. The SMILES string of the molecule is CC1CNCC(CCNc2nccn3nc(C(F)(F)F)cc23)O1. The van der Waals surface area contributed by atoms with Crippen molar-refractivity contribution in [2.45, 2.75) is 31.7 Å². The minimum atomic E-state index is -4.47. The molecule has 0 amide bonds. The largest absolute Gasteiger partial charge is 0.435 e. The molecule has 1 saturated heterocycles. The van der Waals surface area contributed by atoms with Crippen LogP contribution >= 0.6 is 0 Å². The average molecular weight is 329 g/mol. The van der Waals surface area contributed by atoms with E-state index in [0.717, 1.165) is 25.6 Å². The van der Waals surface area contributed by atoms with E-state index in [0.29, 0.717) is 17.9 Å². The molecular formula is C14H18F3N5O. The Morgan fingerprint density at radius 1 is 1.43 bits per heavy atom. The lowest BCUT2D eigenvalue weighted by molar-refractivity contribution is -0.141. The number of fused-ring (bicyclic) bond motifs is 1. The Hall–Kier alpha value is -1.87. The summed E-state index contributed by atoms with van der Waals surface area (Å²) < 4.78 is 45.2. The van der Waals surface area contributed by atoms with E-state index in [-0.39, 0.29) is 12.2 Å². The highest BCUT2D eigenvalue weighted by Gasteiger charge is 2.34. The first-order valence-electron chi connectivity index (χ1n) is 7.45. The molecule has 9 heteroatoms. The molecule has 1 fully saturated rings. The van der Waals surface area contributed by atoms with E-state index in [1.807, 2.05) is 6.92 Å². The van der Waals surface area contributed by atoms with Crippen LogP contribution < -0.4 is 10.6 Å². The highest BCUT2D eigenvalue weighted by atomic mass is 19.4. The van der Waals surface area contributed by atoms with Crippen molar-refractivity contribution in [1.82, 2.24) is 19.9 Å². The van der Waals surface area contributed by atoms with Crippen molar-refractivity contribution in [2.75, 3.05) is 25.0 Å². The monoisotopic (exact) mass is 329 g/mol. The molecule has 0 bridgehead atoms. The molecule has 1 aliphatic rings. The number of alkyl halides is 3. The number of hydrogen-bond acceptors (Lipinski definition) is 5. The third kappa shape index (κ3) is 3.73. The maximum Gasteiger partial charge on any atom is 0.435 e. The average Bonchev–Trinajstić information content (AvgIpc) is 2.92. The lowest BCUT2D eigenvalue weighted by atomic mass is 10.2. The van der Waals surface area contributed by atoms with Crippen LogP contribution in [-0.4, -0.2) is 46.4 Å². The van der Waals surface area contributed by atoms with Crippen LogP contribution in [0.4, 0.5) is 19.0 Å². The summed E-state index contributed by atoms with van der Waals surface area (Å²) in [6.45, 7) is 4.16. The van der Waals surface area contributed by atoms with E-state index in [4.69, 9.17) is 4.74 Å². The molecule has 0 saturated carbocycles. The van der Waals surface area contributed by atoms with Crippen molar-refractivity contribution >= 4 is 11.3 Å². The topological polar surface area (TPSA) is 63.5 Å². The van der Waals surface area contributed by atoms with Gasteiger partial charge >= 0.3 is 6.18 Å². The van der Waals surface area contributed by atoms with Crippen LogP contribution in [0.15, 0.2) is 18.5 Å². The third-order valence-electron chi connectivity index (χ3n) is 3.67. The molecule has 1 aliphatic heterocycles. The predicted octanol–water partition coefficient (Wildman–Crippen LogP) is 1.93. The summed E-state index contributed by atoms with van der Waals surface area (Å²) in [5.74, 6) is 0.382. The van der Waals surface area contributed by atoms with Gasteiger partial charge in [-0.05, 0) is 13.3 Å². The van der Waals surface area contributed by atoms with E-state index in [1.54, 1.807) is 0 Å². The van der Waals surface area contributed by atoms with Gasteiger partial charge in [0, 0.05) is 38.1 Å². The molecule has 0 spiro atoms. The standard InChI is InChI=1S/C14H18F3N5O/c1-9-7-18-8-10(23-9)2-3-19-13-11-6-12(14(15,16)17)21-22(11)5-4-20-13/h4-6,9-10,18H,2-3,7-8H2,1H3,(H,19,20). The fourth-order valence-corrected chi connectivity index (χ4v) is 2.59. The zero-order valence-corrected chi connectivity index (χ0v) is 12.6. The molecule has 2 N–H and O–H groups in total. The lowest BCUT2D eigenvalue weighted by Gasteiger charge is -2.28. The second-order valence-electron chi connectivity index (χ2n) is 5.58. The van der Waals surface area contributed by atoms with Crippen molar-refractivity contribution in [3.8, 4) is 0 Å². The second-order valence-corrected chi connectivity index (χ2v) is 5.58. The maximum absolute atomic E-state index is 12.7. The van der Waals surface area contributed by atoms with E-state index in [2.05, 4.69) is 20.7 Å². The van der Waals surface area contributed by atoms with Gasteiger partial charge in [-0.2, -0.15) is 18.3 Å². The summed E-state index contributed by atoms with van der Waals surface area (Å²) in [5, 5.41) is 9.87. The minimum absolute atomic E-state index is 0.0848. The van der Waals surface area contributed by atoms with Gasteiger partial charge in [0.25, 0.3) is 0 Å². The first-order valence-corrected chi connectivity index (χ1v) is 7.45. The number of morpholine rings is 1. The first kappa shape index (κ1) is 16.0. The molecule has 126 valence electrons. The molecule has 3 rings (SSSR count). The van der Waals surface area contributed by atoms with Crippen molar-refractivity contribution in [1.29, 1.82) is 0 Å².